The van der Waals surface area contributed by atoms with Crippen LogP contribution < -0.4 is 10.1 Å². The Kier molecular flexibility index (Phi) is 6.81. The molecule has 0 aromatic heterocycles. The zero-order valence-corrected chi connectivity index (χ0v) is 16.6. The Morgan fingerprint density at radius 3 is 2.41 bits per heavy atom. The van der Waals surface area contributed by atoms with E-state index >= 15 is 0 Å². The van der Waals surface area contributed by atoms with Gasteiger partial charge in [-0.3, -0.25) is 4.79 Å². The molecule has 0 saturated carbocycles. The van der Waals surface area contributed by atoms with Crippen molar-refractivity contribution in [3.05, 3.63) is 54.1 Å². The second-order valence-electron chi connectivity index (χ2n) is 6.76. The fraction of sp³-hybridized carbons (Fsp3) is 0.350. The molecule has 1 N–H and O–H groups in total. The van der Waals surface area contributed by atoms with Crippen molar-refractivity contribution in [3.8, 4) is 5.75 Å². The molecule has 1 saturated heterocycles. The summed E-state index contributed by atoms with van der Waals surface area (Å²) in [5.74, 6) is -2.63. The third kappa shape index (κ3) is 5.51. The van der Waals surface area contributed by atoms with E-state index < -0.39 is 34.2 Å². The highest BCUT2D eigenvalue weighted by atomic mass is 32.2. The molecule has 2 aromatic carbocycles. The monoisotopic (exact) mass is 424 g/mol. The Labute approximate surface area is 168 Å². The lowest BCUT2D eigenvalue weighted by Gasteiger charge is -2.20. The zero-order chi connectivity index (χ0) is 20.9. The van der Waals surface area contributed by atoms with Gasteiger partial charge in [0.15, 0.2) is 18.2 Å². The van der Waals surface area contributed by atoms with Gasteiger partial charge < -0.3 is 10.1 Å². The van der Waals surface area contributed by atoms with Crippen molar-refractivity contribution in [2.45, 2.75) is 30.6 Å². The highest BCUT2D eigenvalue weighted by Crippen LogP contribution is 2.23. The summed E-state index contributed by atoms with van der Waals surface area (Å²) in [7, 11) is -3.63. The maximum atomic E-state index is 13.2. The number of carbonyl (C=O) groups excluding carboxylic acids is 1. The number of benzene rings is 2. The summed E-state index contributed by atoms with van der Waals surface area (Å²) in [6, 6.07) is 8.97. The Bertz CT molecular complexity index is 974. The van der Waals surface area contributed by atoms with Crippen molar-refractivity contribution in [2.24, 2.45) is 0 Å². The molecule has 156 valence electrons. The van der Waals surface area contributed by atoms with Crippen LogP contribution in [-0.2, 0) is 14.8 Å². The molecule has 1 aliphatic heterocycles. The highest BCUT2D eigenvalue weighted by Gasteiger charge is 2.25. The van der Waals surface area contributed by atoms with E-state index in [1.54, 1.807) is 12.1 Å². The van der Waals surface area contributed by atoms with Gasteiger partial charge in [-0.15, -0.1) is 0 Å². The van der Waals surface area contributed by atoms with Crippen LogP contribution in [0.15, 0.2) is 47.4 Å². The van der Waals surface area contributed by atoms with Gasteiger partial charge >= 0.3 is 0 Å². The summed E-state index contributed by atoms with van der Waals surface area (Å²) < 4.78 is 58.4. The molecule has 1 aliphatic rings. The highest BCUT2D eigenvalue weighted by molar-refractivity contribution is 7.89. The molecule has 2 aromatic rings. The van der Waals surface area contributed by atoms with Crippen molar-refractivity contribution >= 4 is 21.6 Å². The summed E-state index contributed by atoms with van der Waals surface area (Å²) >= 11 is 0. The quantitative estimate of drug-likeness (QED) is 0.770. The molecule has 1 heterocycles. The number of amides is 1. The van der Waals surface area contributed by atoms with Gasteiger partial charge in [0.25, 0.3) is 5.91 Å². The van der Waals surface area contributed by atoms with E-state index in [9.17, 15) is 22.0 Å². The molecule has 1 amide bonds. The fourth-order valence-corrected chi connectivity index (χ4v) is 4.64. The number of nitrogens with zero attached hydrogens (tertiary/aromatic N) is 1. The van der Waals surface area contributed by atoms with Crippen LogP contribution in [0.2, 0.25) is 0 Å². The summed E-state index contributed by atoms with van der Waals surface area (Å²) in [4.78, 5) is 12.2. The van der Waals surface area contributed by atoms with Crippen molar-refractivity contribution in [1.29, 1.82) is 0 Å². The summed E-state index contributed by atoms with van der Waals surface area (Å²) in [5, 5.41) is 2.55. The third-order valence-electron chi connectivity index (χ3n) is 4.58. The predicted octanol–water partition coefficient (Wildman–Crippen LogP) is 3.55. The Hall–Kier alpha value is -2.52. The van der Waals surface area contributed by atoms with Crippen LogP contribution in [0.3, 0.4) is 0 Å². The molecule has 0 bridgehead atoms. The maximum Gasteiger partial charge on any atom is 0.262 e. The predicted molar refractivity (Wildman–Crippen MR) is 104 cm³/mol. The molecule has 0 radical (unpaired) electrons. The smallest absolute Gasteiger partial charge is 0.262 e. The maximum absolute atomic E-state index is 13.2. The van der Waals surface area contributed by atoms with Gasteiger partial charge in [-0.05, 0) is 43.2 Å². The fourth-order valence-electron chi connectivity index (χ4n) is 3.08. The van der Waals surface area contributed by atoms with Crippen LogP contribution in [0.4, 0.5) is 14.5 Å². The van der Waals surface area contributed by atoms with E-state index in [1.807, 2.05) is 0 Å². The van der Waals surface area contributed by atoms with Gasteiger partial charge in [-0.1, -0.05) is 18.9 Å². The summed E-state index contributed by atoms with van der Waals surface area (Å²) in [5.41, 5.74) is 0.305. The molecule has 1 fully saturated rings. The topological polar surface area (TPSA) is 75.7 Å². The number of sulfonamides is 1. The van der Waals surface area contributed by atoms with Crippen LogP contribution in [0, 0.1) is 11.6 Å². The first kappa shape index (κ1) is 21.2. The zero-order valence-electron chi connectivity index (χ0n) is 15.7. The summed E-state index contributed by atoms with van der Waals surface area (Å²) in [6.07, 6.45) is 3.69. The van der Waals surface area contributed by atoms with Crippen LogP contribution in [0.25, 0.3) is 0 Å². The summed E-state index contributed by atoms with van der Waals surface area (Å²) in [6.45, 7) is 0.538. The molecule has 6 nitrogen and oxygen atoms in total. The number of carbonyl (C=O) groups is 1. The SMILES string of the molecule is O=C(COc1ccc(F)c(F)c1)Nc1cccc(S(=O)(=O)N2CCCCCC2)c1. The minimum Gasteiger partial charge on any atom is -0.484 e. The Balaban J connectivity index is 1.64. The minimum atomic E-state index is -3.63. The van der Waals surface area contributed by atoms with Crippen molar-refractivity contribution in [1.82, 2.24) is 4.31 Å². The number of anilines is 1. The van der Waals surface area contributed by atoms with Crippen LogP contribution in [0.5, 0.6) is 5.75 Å². The van der Waals surface area contributed by atoms with Crippen LogP contribution in [0.1, 0.15) is 25.7 Å². The molecule has 9 heteroatoms. The lowest BCUT2D eigenvalue weighted by Crippen LogP contribution is -2.32. The number of halogens is 2. The molecule has 0 atom stereocenters. The van der Waals surface area contributed by atoms with Gasteiger partial charge in [0, 0.05) is 24.8 Å². The number of nitrogens with one attached hydrogen (secondary N) is 1. The lowest BCUT2D eigenvalue weighted by molar-refractivity contribution is -0.118. The third-order valence-corrected chi connectivity index (χ3v) is 6.48. The largest absolute Gasteiger partial charge is 0.484 e. The van der Waals surface area contributed by atoms with E-state index in [2.05, 4.69) is 5.32 Å². The van der Waals surface area contributed by atoms with Gasteiger partial charge in [0.2, 0.25) is 10.0 Å². The first-order chi connectivity index (χ1) is 13.9. The standard InChI is InChI=1S/C20H22F2N2O4S/c21-18-9-8-16(13-19(18)22)28-14-20(25)23-15-6-5-7-17(12-15)29(26,27)24-10-3-1-2-4-11-24/h5-9,12-13H,1-4,10-11,14H2,(H,23,25). The second kappa shape index (κ2) is 9.32. The van der Waals surface area contributed by atoms with E-state index in [-0.39, 0.29) is 10.6 Å². The minimum absolute atomic E-state index is 0.0107. The molecule has 0 aliphatic carbocycles. The first-order valence-corrected chi connectivity index (χ1v) is 10.8. The molecular formula is C20H22F2N2O4S. The van der Waals surface area contributed by atoms with E-state index in [4.69, 9.17) is 4.74 Å². The lowest BCUT2D eigenvalue weighted by atomic mass is 10.2. The first-order valence-electron chi connectivity index (χ1n) is 9.34. The average Bonchev–Trinajstić information content (AvgIpc) is 2.99. The number of hydrogen-bond acceptors (Lipinski definition) is 4. The van der Waals surface area contributed by atoms with Gasteiger partial charge in [-0.25, -0.2) is 17.2 Å². The molecule has 29 heavy (non-hydrogen) atoms. The van der Waals surface area contributed by atoms with Gasteiger partial charge in [-0.2, -0.15) is 4.31 Å². The Morgan fingerprint density at radius 1 is 1.00 bits per heavy atom. The van der Waals surface area contributed by atoms with Crippen LogP contribution in [-0.4, -0.2) is 38.3 Å². The Morgan fingerprint density at radius 2 is 1.72 bits per heavy atom. The van der Waals surface area contributed by atoms with Gasteiger partial charge in [0.1, 0.15) is 5.75 Å². The van der Waals surface area contributed by atoms with Crippen molar-refractivity contribution < 1.29 is 26.7 Å². The molecule has 3 rings (SSSR count). The normalized spacial score (nSPS) is 15.5. The van der Waals surface area contributed by atoms with E-state index in [0.717, 1.165) is 37.8 Å². The van der Waals surface area contributed by atoms with Crippen LogP contribution >= 0.6 is 0 Å². The molecule has 0 unspecified atom stereocenters. The van der Waals surface area contributed by atoms with Gasteiger partial charge in [0.05, 0.1) is 4.90 Å². The second-order valence-corrected chi connectivity index (χ2v) is 8.70. The number of hydrogen-bond donors (Lipinski definition) is 1. The van der Waals surface area contributed by atoms with E-state index in [0.29, 0.717) is 18.8 Å². The number of ether oxygens (including phenoxy) is 1. The molecule has 0 spiro atoms. The number of rotatable bonds is 6. The van der Waals surface area contributed by atoms with E-state index in [1.165, 1.54) is 22.5 Å². The molecular weight excluding hydrogens is 402 g/mol. The van der Waals surface area contributed by atoms with Crippen molar-refractivity contribution in [2.75, 3.05) is 25.0 Å². The average molecular weight is 424 g/mol. The van der Waals surface area contributed by atoms with Crippen molar-refractivity contribution in [3.63, 3.8) is 0 Å².